The third kappa shape index (κ3) is 5.18. The number of hydrogen-bond donors (Lipinski definition) is 2. The molecule has 186 valence electrons. The van der Waals surface area contributed by atoms with Crippen molar-refractivity contribution in [2.45, 2.75) is 13.1 Å². The highest BCUT2D eigenvalue weighted by atomic mass is 16.1. The maximum absolute atomic E-state index is 10.9. The Labute approximate surface area is 216 Å². The van der Waals surface area contributed by atoms with Gasteiger partial charge in [0.15, 0.2) is 0 Å². The number of para-hydroxylation sites is 1. The summed E-state index contributed by atoms with van der Waals surface area (Å²) >= 11 is 0. The molecule has 37 heavy (non-hydrogen) atoms. The first-order valence-electron chi connectivity index (χ1n) is 12.7. The quantitative estimate of drug-likeness (QED) is 0.304. The molecule has 1 aliphatic rings. The fourth-order valence-electron chi connectivity index (χ4n) is 5.04. The largest absolute Gasteiger partial charge is 0.338 e. The van der Waals surface area contributed by atoms with E-state index in [2.05, 4.69) is 97.7 Å². The van der Waals surface area contributed by atoms with E-state index in [9.17, 15) is 4.79 Å². The first-order valence-corrected chi connectivity index (χ1v) is 12.7. The molecule has 7 nitrogen and oxygen atoms in total. The third-order valence-electron chi connectivity index (χ3n) is 7.04. The summed E-state index contributed by atoms with van der Waals surface area (Å²) in [6.45, 7) is 6.39. The fourth-order valence-corrected chi connectivity index (χ4v) is 5.04. The summed E-state index contributed by atoms with van der Waals surface area (Å²) in [7, 11) is 0. The zero-order chi connectivity index (χ0) is 25.0. The molecule has 1 aliphatic heterocycles. The van der Waals surface area contributed by atoms with Crippen LogP contribution in [0.5, 0.6) is 0 Å². The van der Waals surface area contributed by atoms with Gasteiger partial charge in [0, 0.05) is 62.9 Å². The van der Waals surface area contributed by atoms with E-state index in [1.807, 2.05) is 18.2 Å². The molecule has 0 aliphatic carbocycles. The Balaban J connectivity index is 1.08. The zero-order valence-electron chi connectivity index (χ0n) is 20.7. The standard InChI is InChI=1S/C30H30N6O/c37-22-31-27-7-4-8-28-29(27)33-30(32-28)25-9-11-26(12-10-25)36-14-13-24(21-36)20-35-17-15-34(16-18-35)19-23-5-2-1-3-6-23/h1-14,21-22H,15-20H2,(H,31,37)(H,32,33). The second-order valence-corrected chi connectivity index (χ2v) is 9.56. The van der Waals surface area contributed by atoms with Gasteiger partial charge in [-0.1, -0.05) is 36.4 Å². The molecule has 0 spiro atoms. The number of fused-ring (bicyclic) bond motifs is 1. The summed E-state index contributed by atoms with van der Waals surface area (Å²) in [6, 6.07) is 27.0. The molecule has 0 unspecified atom stereocenters. The van der Waals surface area contributed by atoms with E-state index in [4.69, 9.17) is 4.98 Å². The first-order chi connectivity index (χ1) is 18.2. The predicted molar refractivity (Wildman–Crippen MR) is 148 cm³/mol. The van der Waals surface area contributed by atoms with Crippen molar-refractivity contribution in [1.82, 2.24) is 24.3 Å². The van der Waals surface area contributed by atoms with Gasteiger partial charge in [0.05, 0.1) is 11.2 Å². The van der Waals surface area contributed by atoms with E-state index in [1.165, 1.54) is 11.1 Å². The van der Waals surface area contributed by atoms with E-state index in [1.54, 1.807) is 0 Å². The summed E-state index contributed by atoms with van der Waals surface area (Å²) in [5, 5.41) is 2.72. The van der Waals surface area contributed by atoms with Crippen LogP contribution in [0, 0.1) is 0 Å². The topological polar surface area (TPSA) is 69.2 Å². The normalized spacial score (nSPS) is 14.7. The molecule has 0 atom stereocenters. The molecule has 1 amide bonds. The Kier molecular flexibility index (Phi) is 6.54. The first kappa shape index (κ1) is 23.2. The van der Waals surface area contributed by atoms with Gasteiger partial charge in [-0.15, -0.1) is 0 Å². The summed E-state index contributed by atoms with van der Waals surface area (Å²) in [5.74, 6) is 0.779. The fraction of sp³-hybridized carbons (Fsp3) is 0.200. The van der Waals surface area contributed by atoms with Gasteiger partial charge in [-0.3, -0.25) is 14.6 Å². The van der Waals surface area contributed by atoms with Crippen molar-refractivity contribution >= 4 is 23.1 Å². The molecular formula is C30H30N6O. The number of piperazine rings is 1. The highest BCUT2D eigenvalue weighted by Crippen LogP contribution is 2.26. The van der Waals surface area contributed by atoms with Crippen molar-refractivity contribution in [3.8, 4) is 17.1 Å². The number of H-pyrrole nitrogens is 1. The minimum absolute atomic E-state index is 0.676. The number of carbonyl (C=O) groups excluding carboxylic acids is 1. The minimum Gasteiger partial charge on any atom is -0.338 e. The summed E-state index contributed by atoms with van der Waals surface area (Å²) in [4.78, 5) is 24.0. The van der Waals surface area contributed by atoms with Gasteiger partial charge in [-0.2, -0.15) is 0 Å². The Bertz CT molecular complexity index is 1480. The number of benzene rings is 3. The Morgan fingerprint density at radius 1 is 0.811 bits per heavy atom. The van der Waals surface area contributed by atoms with Gasteiger partial charge in [0.1, 0.15) is 11.3 Å². The summed E-state index contributed by atoms with van der Waals surface area (Å²) in [5.41, 5.74) is 7.17. The number of aromatic amines is 1. The predicted octanol–water partition coefficient (Wildman–Crippen LogP) is 4.91. The molecule has 6 rings (SSSR count). The number of hydrogen-bond acceptors (Lipinski definition) is 4. The molecule has 3 heterocycles. The van der Waals surface area contributed by atoms with E-state index >= 15 is 0 Å². The number of anilines is 1. The lowest BCUT2D eigenvalue weighted by Crippen LogP contribution is -2.45. The molecule has 2 N–H and O–H groups in total. The van der Waals surface area contributed by atoms with E-state index < -0.39 is 0 Å². The summed E-state index contributed by atoms with van der Waals surface area (Å²) < 4.78 is 2.18. The maximum atomic E-state index is 10.9. The molecule has 1 saturated heterocycles. The highest BCUT2D eigenvalue weighted by molar-refractivity contribution is 5.94. The second kappa shape index (κ2) is 10.4. The van der Waals surface area contributed by atoms with Crippen molar-refractivity contribution in [2.24, 2.45) is 0 Å². The lowest BCUT2D eigenvalue weighted by molar-refractivity contribution is -0.105. The van der Waals surface area contributed by atoms with Gasteiger partial charge < -0.3 is 14.9 Å². The van der Waals surface area contributed by atoms with Gasteiger partial charge >= 0.3 is 0 Å². The van der Waals surface area contributed by atoms with Crippen LogP contribution in [0.3, 0.4) is 0 Å². The lowest BCUT2D eigenvalue weighted by Gasteiger charge is -2.34. The molecule has 3 aromatic carbocycles. The third-order valence-corrected chi connectivity index (χ3v) is 7.04. The minimum atomic E-state index is 0.676. The van der Waals surface area contributed by atoms with Gasteiger partial charge in [0.2, 0.25) is 6.41 Å². The molecule has 7 heteroatoms. The average molecular weight is 491 g/mol. The number of aromatic nitrogens is 3. The maximum Gasteiger partial charge on any atom is 0.211 e. The van der Waals surface area contributed by atoms with Gasteiger partial charge in [0.25, 0.3) is 0 Å². The molecule has 0 bridgehead atoms. The van der Waals surface area contributed by atoms with Gasteiger partial charge in [-0.25, -0.2) is 4.98 Å². The van der Waals surface area contributed by atoms with Crippen molar-refractivity contribution in [2.75, 3.05) is 31.5 Å². The monoisotopic (exact) mass is 490 g/mol. The number of nitrogens with zero attached hydrogens (tertiary/aromatic N) is 4. The van der Waals surface area contributed by atoms with Crippen LogP contribution in [0.2, 0.25) is 0 Å². The number of nitrogens with one attached hydrogen (secondary N) is 2. The summed E-state index contributed by atoms with van der Waals surface area (Å²) in [6.07, 6.45) is 5.04. The van der Waals surface area contributed by atoms with Crippen LogP contribution in [0.25, 0.3) is 28.1 Å². The molecule has 0 radical (unpaired) electrons. The van der Waals surface area contributed by atoms with Crippen LogP contribution >= 0.6 is 0 Å². The molecular weight excluding hydrogens is 460 g/mol. The molecule has 1 fully saturated rings. The van der Waals surface area contributed by atoms with Crippen LogP contribution in [0.4, 0.5) is 5.69 Å². The van der Waals surface area contributed by atoms with E-state index in [0.29, 0.717) is 12.1 Å². The van der Waals surface area contributed by atoms with E-state index in [-0.39, 0.29) is 0 Å². The van der Waals surface area contributed by atoms with Crippen LogP contribution in [-0.4, -0.2) is 56.9 Å². The van der Waals surface area contributed by atoms with Crippen LogP contribution in [-0.2, 0) is 17.9 Å². The van der Waals surface area contributed by atoms with Crippen molar-refractivity contribution in [1.29, 1.82) is 0 Å². The van der Waals surface area contributed by atoms with Crippen molar-refractivity contribution < 1.29 is 4.79 Å². The lowest BCUT2D eigenvalue weighted by atomic mass is 10.2. The second-order valence-electron chi connectivity index (χ2n) is 9.56. The number of carbonyl (C=O) groups is 1. The molecule has 5 aromatic rings. The Hall–Kier alpha value is -4.20. The van der Waals surface area contributed by atoms with Crippen molar-refractivity contribution in [3.05, 3.63) is 102 Å². The van der Waals surface area contributed by atoms with Crippen LogP contribution in [0.1, 0.15) is 11.1 Å². The van der Waals surface area contributed by atoms with Crippen LogP contribution in [0.15, 0.2) is 91.3 Å². The molecule has 2 aromatic heterocycles. The Morgan fingerprint density at radius 2 is 1.54 bits per heavy atom. The van der Waals surface area contributed by atoms with Gasteiger partial charge in [-0.05, 0) is 53.6 Å². The molecule has 0 saturated carbocycles. The SMILES string of the molecule is O=CNc1cccc2[nH]c(-c3ccc(-n4ccc(CN5CCN(Cc6ccccc6)CC5)c4)cc3)nc12. The van der Waals surface area contributed by atoms with Crippen molar-refractivity contribution in [3.63, 3.8) is 0 Å². The number of imidazole rings is 1. The highest BCUT2D eigenvalue weighted by Gasteiger charge is 2.17. The smallest absolute Gasteiger partial charge is 0.211 e. The zero-order valence-corrected chi connectivity index (χ0v) is 20.7. The van der Waals surface area contributed by atoms with Crippen LogP contribution < -0.4 is 5.32 Å². The Morgan fingerprint density at radius 3 is 2.27 bits per heavy atom. The number of rotatable bonds is 8. The van der Waals surface area contributed by atoms with E-state index in [0.717, 1.165) is 67.4 Å². The average Bonchev–Trinajstić information content (AvgIpc) is 3.59. The number of amides is 1.